The van der Waals surface area contributed by atoms with Crippen molar-refractivity contribution in [3.63, 3.8) is 0 Å². The lowest BCUT2D eigenvalue weighted by molar-refractivity contribution is 0.0597. The summed E-state index contributed by atoms with van der Waals surface area (Å²) in [6, 6.07) is 21.3. The third-order valence-electron chi connectivity index (χ3n) is 4.82. The summed E-state index contributed by atoms with van der Waals surface area (Å²) in [7, 11) is 1.34. The summed E-state index contributed by atoms with van der Waals surface area (Å²) < 4.78 is 4.75. The molecule has 0 saturated heterocycles. The molecule has 5 nitrogen and oxygen atoms in total. The normalized spacial score (nSPS) is 12.6. The van der Waals surface area contributed by atoms with Crippen LogP contribution in [0.2, 0.25) is 0 Å². The number of fused-ring (bicyclic) bond motifs is 1. The van der Waals surface area contributed by atoms with E-state index in [-0.39, 0.29) is 18.4 Å². The standard InChI is InChI=1S/C23H17NO4/c1-28-23(27)18-7-4-6-17(13-18)15-9-11-16(12-10-15)21(25)24-14-19-5-2-3-8-20(19)22(24)26/h2-13H,14H2,1H3. The average Bonchev–Trinajstić information content (AvgIpc) is 3.09. The van der Waals surface area contributed by atoms with Gasteiger partial charge in [0.15, 0.2) is 0 Å². The number of esters is 1. The predicted octanol–water partition coefficient (Wildman–Crippen LogP) is 3.94. The molecule has 3 aromatic rings. The molecule has 3 aromatic carbocycles. The molecular formula is C23H17NO4. The Labute approximate surface area is 162 Å². The van der Waals surface area contributed by atoms with E-state index in [0.717, 1.165) is 16.7 Å². The van der Waals surface area contributed by atoms with Crippen LogP contribution >= 0.6 is 0 Å². The average molecular weight is 371 g/mol. The van der Waals surface area contributed by atoms with Gasteiger partial charge in [-0.2, -0.15) is 0 Å². The fourth-order valence-electron chi connectivity index (χ4n) is 3.32. The van der Waals surface area contributed by atoms with Gasteiger partial charge in [-0.15, -0.1) is 0 Å². The van der Waals surface area contributed by atoms with Gasteiger partial charge in [0.2, 0.25) is 0 Å². The second kappa shape index (κ2) is 7.12. The number of rotatable bonds is 3. The summed E-state index contributed by atoms with van der Waals surface area (Å²) in [6.45, 7) is 0.288. The molecule has 0 atom stereocenters. The van der Waals surface area contributed by atoms with Crippen molar-refractivity contribution >= 4 is 17.8 Å². The van der Waals surface area contributed by atoms with Crippen LogP contribution in [0, 0.1) is 0 Å². The van der Waals surface area contributed by atoms with Crippen molar-refractivity contribution in [2.75, 3.05) is 7.11 Å². The van der Waals surface area contributed by atoms with E-state index in [9.17, 15) is 14.4 Å². The third-order valence-corrected chi connectivity index (χ3v) is 4.82. The monoisotopic (exact) mass is 371 g/mol. The van der Waals surface area contributed by atoms with Crippen LogP contribution in [0.3, 0.4) is 0 Å². The number of nitrogens with zero attached hydrogens (tertiary/aromatic N) is 1. The van der Waals surface area contributed by atoms with E-state index in [1.807, 2.05) is 18.2 Å². The minimum absolute atomic E-state index is 0.268. The fourth-order valence-corrected chi connectivity index (χ4v) is 3.32. The molecule has 1 aliphatic rings. The van der Waals surface area contributed by atoms with Gasteiger partial charge in [0.25, 0.3) is 11.8 Å². The number of hydrogen-bond donors (Lipinski definition) is 0. The summed E-state index contributed by atoms with van der Waals surface area (Å²) in [6.07, 6.45) is 0. The number of carbonyl (C=O) groups is 3. The first kappa shape index (κ1) is 17.7. The van der Waals surface area contributed by atoms with Gasteiger partial charge in [0, 0.05) is 11.1 Å². The van der Waals surface area contributed by atoms with Gasteiger partial charge in [-0.1, -0.05) is 42.5 Å². The highest BCUT2D eigenvalue weighted by molar-refractivity contribution is 6.12. The largest absolute Gasteiger partial charge is 0.465 e. The lowest BCUT2D eigenvalue weighted by Gasteiger charge is -2.14. The summed E-state index contributed by atoms with van der Waals surface area (Å²) in [5.41, 5.74) is 4.03. The van der Waals surface area contributed by atoms with Crippen LogP contribution in [0.4, 0.5) is 0 Å². The van der Waals surface area contributed by atoms with Crippen molar-refractivity contribution < 1.29 is 19.1 Å². The Hall–Kier alpha value is -3.73. The summed E-state index contributed by atoms with van der Waals surface area (Å²) in [4.78, 5) is 38.3. The zero-order valence-electron chi connectivity index (χ0n) is 15.2. The lowest BCUT2D eigenvalue weighted by atomic mass is 10.0. The first-order valence-corrected chi connectivity index (χ1v) is 8.81. The molecule has 0 bridgehead atoms. The van der Waals surface area contributed by atoms with E-state index in [4.69, 9.17) is 4.74 Å². The van der Waals surface area contributed by atoms with Gasteiger partial charge in [-0.25, -0.2) is 4.79 Å². The number of benzene rings is 3. The topological polar surface area (TPSA) is 63.7 Å². The van der Waals surface area contributed by atoms with E-state index < -0.39 is 5.97 Å². The molecule has 5 heteroatoms. The van der Waals surface area contributed by atoms with Crippen LogP contribution in [0.15, 0.2) is 72.8 Å². The SMILES string of the molecule is COC(=O)c1cccc(-c2ccc(C(=O)N3Cc4ccccc4C3=O)cc2)c1. The first-order valence-electron chi connectivity index (χ1n) is 8.81. The van der Waals surface area contributed by atoms with E-state index in [1.165, 1.54) is 12.0 Å². The third kappa shape index (κ3) is 3.07. The molecule has 28 heavy (non-hydrogen) atoms. The molecule has 2 amide bonds. The molecule has 4 rings (SSSR count). The molecule has 1 aliphatic heterocycles. The van der Waals surface area contributed by atoms with Crippen LogP contribution in [0.1, 0.15) is 36.6 Å². The summed E-state index contributed by atoms with van der Waals surface area (Å²) in [5, 5.41) is 0. The molecule has 0 N–H and O–H groups in total. The maximum Gasteiger partial charge on any atom is 0.337 e. The molecule has 0 aromatic heterocycles. The maximum absolute atomic E-state index is 12.8. The Morgan fingerprint density at radius 1 is 0.857 bits per heavy atom. The zero-order valence-corrected chi connectivity index (χ0v) is 15.2. The van der Waals surface area contributed by atoms with Crippen LogP contribution < -0.4 is 0 Å². The number of imide groups is 1. The molecule has 0 spiro atoms. The van der Waals surface area contributed by atoms with Gasteiger partial charge in [0.1, 0.15) is 0 Å². The fraction of sp³-hybridized carbons (Fsp3) is 0.0870. The van der Waals surface area contributed by atoms with Crippen LogP contribution in [-0.2, 0) is 11.3 Å². The van der Waals surface area contributed by atoms with E-state index >= 15 is 0 Å². The first-order chi connectivity index (χ1) is 13.6. The Kier molecular flexibility index (Phi) is 4.49. The van der Waals surface area contributed by atoms with E-state index in [0.29, 0.717) is 16.7 Å². The zero-order chi connectivity index (χ0) is 19.7. The van der Waals surface area contributed by atoms with Gasteiger partial charge in [-0.05, 0) is 47.0 Å². The highest BCUT2D eigenvalue weighted by Gasteiger charge is 2.32. The second-order valence-electron chi connectivity index (χ2n) is 6.50. The van der Waals surface area contributed by atoms with Crippen molar-refractivity contribution in [3.8, 4) is 11.1 Å². The maximum atomic E-state index is 12.8. The molecule has 138 valence electrons. The molecule has 0 saturated carbocycles. The second-order valence-corrected chi connectivity index (χ2v) is 6.50. The number of ether oxygens (including phenoxy) is 1. The van der Waals surface area contributed by atoms with Gasteiger partial charge < -0.3 is 4.74 Å². The predicted molar refractivity (Wildman–Crippen MR) is 104 cm³/mol. The molecule has 0 unspecified atom stereocenters. The number of methoxy groups -OCH3 is 1. The minimum atomic E-state index is -0.402. The lowest BCUT2D eigenvalue weighted by Crippen LogP contribution is -2.31. The summed E-state index contributed by atoms with van der Waals surface area (Å²) >= 11 is 0. The van der Waals surface area contributed by atoms with Crippen LogP contribution in [0.5, 0.6) is 0 Å². The quantitative estimate of drug-likeness (QED) is 0.517. The van der Waals surface area contributed by atoms with E-state index in [2.05, 4.69) is 0 Å². The molecule has 0 radical (unpaired) electrons. The number of carbonyl (C=O) groups excluding carboxylic acids is 3. The Morgan fingerprint density at radius 2 is 1.61 bits per heavy atom. The van der Waals surface area contributed by atoms with Crippen molar-refractivity contribution in [2.45, 2.75) is 6.54 Å². The van der Waals surface area contributed by atoms with Gasteiger partial charge in [-0.3, -0.25) is 14.5 Å². The van der Waals surface area contributed by atoms with Crippen molar-refractivity contribution in [1.82, 2.24) is 4.90 Å². The van der Waals surface area contributed by atoms with Crippen LogP contribution in [-0.4, -0.2) is 29.8 Å². The van der Waals surface area contributed by atoms with Gasteiger partial charge in [0.05, 0.1) is 19.2 Å². The Balaban J connectivity index is 1.57. The van der Waals surface area contributed by atoms with Crippen molar-refractivity contribution in [1.29, 1.82) is 0 Å². The molecule has 0 fully saturated rings. The minimum Gasteiger partial charge on any atom is -0.465 e. The molecule has 1 heterocycles. The van der Waals surface area contributed by atoms with Crippen molar-refractivity contribution in [2.24, 2.45) is 0 Å². The number of amides is 2. The summed E-state index contributed by atoms with van der Waals surface area (Å²) in [5.74, 6) is -0.993. The highest BCUT2D eigenvalue weighted by Crippen LogP contribution is 2.26. The Bertz CT molecular complexity index is 1090. The highest BCUT2D eigenvalue weighted by atomic mass is 16.5. The number of hydrogen-bond acceptors (Lipinski definition) is 4. The smallest absolute Gasteiger partial charge is 0.337 e. The Morgan fingerprint density at radius 3 is 2.32 bits per heavy atom. The van der Waals surface area contributed by atoms with Crippen molar-refractivity contribution in [3.05, 3.63) is 95.1 Å². The molecular weight excluding hydrogens is 354 g/mol. The molecule has 0 aliphatic carbocycles. The van der Waals surface area contributed by atoms with Gasteiger partial charge >= 0.3 is 5.97 Å². The van der Waals surface area contributed by atoms with Crippen LogP contribution in [0.25, 0.3) is 11.1 Å². The van der Waals surface area contributed by atoms with E-state index in [1.54, 1.807) is 54.6 Å².